The number of nitrogens with one attached hydrogen (secondary N) is 1. The lowest BCUT2D eigenvalue weighted by molar-refractivity contribution is 0.0782. The molecular weight excluding hydrogens is 240 g/mol. The van der Waals surface area contributed by atoms with Crippen LogP contribution in [0.15, 0.2) is 18.2 Å². The number of methoxy groups -OCH3 is 1. The van der Waals surface area contributed by atoms with Gasteiger partial charge in [0.1, 0.15) is 11.8 Å². The number of hydrogen-bond acceptors (Lipinski definition) is 4. The highest BCUT2D eigenvalue weighted by Gasteiger charge is 2.13. The summed E-state index contributed by atoms with van der Waals surface area (Å²) in [4.78, 5) is 0. The molecule has 1 N–H and O–H groups in total. The molecule has 0 aromatic heterocycles. The standard InChI is InChI=1S/C15H20N2O2/c1-18-15-5-4-12(7-14(15)8-16)10-19-11-13-3-2-6-17-9-13/h4-5,7,13,17H,2-3,6,9-11H2,1H3. The second kappa shape index (κ2) is 7.13. The predicted octanol–water partition coefficient (Wildman–Crippen LogP) is 2.08. The number of nitrogens with zero attached hydrogens (tertiary/aromatic N) is 1. The van der Waals surface area contributed by atoms with E-state index in [-0.39, 0.29) is 0 Å². The monoisotopic (exact) mass is 260 g/mol. The summed E-state index contributed by atoms with van der Waals surface area (Å²) >= 11 is 0. The van der Waals surface area contributed by atoms with Crippen molar-refractivity contribution >= 4 is 0 Å². The quantitative estimate of drug-likeness (QED) is 0.880. The van der Waals surface area contributed by atoms with Gasteiger partial charge in [-0.3, -0.25) is 0 Å². The summed E-state index contributed by atoms with van der Waals surface area (Å²) in [5.41, 5.74) is 1.57. The van der Waals surface area contributed by atoms with E-state index in [1.807, 2.05) is 18.2 Å². The lowest BCUT2D eigenvalue weighted by atomic mass is 10.0. The van der Waals surface area contributed by atoms with E-state index in [0.29, 0.717) is 23.8 Å². The van der Waals surface area contributed by atoms with E-state index in [1.165, 1.54) is 12.8 Å². The molecule has 1 fully saturated rings. The first-order valence-electron chi connectivity index (χ1n) is 6.69. The second-order valence-electron chi connectivity index (χ2n) is 4.87. The van der Waals surface area contributed by atoms with E-state index < -0.39 is 0 Å². The van der Waals surface area contributed by atoms with Crippen LogP contribution < -0.4 is 10.1 Å². The summed E-state index contributed by atoms with van der Waals surface area (Å²) < 4.78 is 10.9. The van der Waals surface area contributed by atoms with Crippen LogP contribution in [0.4, 0.5) is 0 Å². The van der Waals surface area contributed by atoms with Crippen molar-refractivity contribution in [1.82, 2.24) is 5.32 Å². The van der Waals surface area contributed by atoms with Crippen LogP contribution in [0.5, 0.6) is 5.75 Å². The van der Waals surface area contributed by atoms with Gasteiger partial charge >= 0.3 is 0 Å². The molecule has 0 radical (unpaired) electrons. The summed E-state index contributed by atoms with van der Waals surface area (Å²) in [6.45, 7) is 3.50. The summed E-state index contributed by atoms with van der Waals surface area (Å²) in [5.74, 6) is 1.23. The van der Waals surface area contributed by atoms with Gasteiger partial charge in [0, 0.05) is 6.54 Å². The molecule has 0 aliphatic carbocycles. The van der Waals surface area contributed by atoms with Crippen LogP contribution in [0.2, 0.25) is 0 Å². The number of benzene rings is 1. The van der Waals surface area contributed by atoms with Crippen LogP contribution >= 0.6 is 0 Å². The van der Waals surface area contributed by atoms with Crippen molar-refractivity contribution in [1.29, 1.82) is 5.26 Å². The Morgan fingerprint density at radius 2 is 2.37 bits per heavy atom. The molecule has 102 valence electrons. The first-order valence-corrected chi connectivity index (χ1v) is 6.69. The van der Waals surface area contributed by atoms with Crippen LogP contribution in [0.3, 0.4) is 0 Å². The normalized spacial score (nSPS) is 18.8. The third-order valence-corrected chi connectivity index (χ3v) is 3.41. The van der Waals surface area contributed by atoms with E-state index in [2.05, 4.69) is 11.4 Å². The molecule has 1 saturated heterocycles. The minimum Gasteiger partial charge on any atom is -0.495 e. The highest BCUT2D eigenvalue weighted by atomic mass is 16.5. The van der Waals surface area contributed by atoms with Crippen LogP contribution in [-0.2, 0) is 11.3 Å². The molecule has 1 unspecified atom stereocenters. The zero-order valence-corrected chi connectivity index (χ0v) is 11.3. The molecule has 0 saturated carbocycles. The van der Waals surface area contributed by atoms with Crippen molar-refractivity contribution in [2.45, 2.75) is 19.4 Å². The van der Waals surface area contributed by atoms with Gasteiger partial charge in [-0.15, -0.1) is 0 Å². The molecule has 4 nitrogen and oxygen atoms in total. The molecule has 1 aromatic rings. The Morgan fingerprint density at radius 3 is 3.05 bits per heavy atom. The third kappa shape index (κ3) is 3.95. The zero-order chi connectivity index (χ0) is 13.5. The fourth-order valence-corrected chi connectivity index (χ4v) is 2.34. The number of rotatable bonds is 5. The lowest BCUT2D eigenvalue weighted by Gasteiger charge is -2.22. The van der Waals surface area contributed by atoms with E-state index in [1.54, 1.807) is 7.11 Å². The molecule has 19 heavy (non-hydrogen) atoms. The Bertz CT molecular complexity index is 448. The molecule has 1 heterocycles. The van der Waals surface area contributed by atoms with Gasteiger partial charge in [-0.2, -0.15) is 5.26 Å². The number of ether oxygens (including phenoxy) is 2. The molecular formula is C15H20N2O2. The maximum Gasteiger partial charge on any atom is 0.136 e. The van der Waals surface area contributed by atoms with Crippen LogP contribution in [-0.4, -0.2) is 26.8 Å². The first-order chi connectivity index (χ1) is 9.33. The van der Waals surface area contributed by atoms with Gasteiger partial charge in [-0.05, 0) is 43.0 Å². The number of piperidine rings is 1. The van der Waals surface area contributed by atoms with Crippen LogP contribution in [0.25, 0.3) is 0 Å². The van der Waals surface area contributed by atoms with Gasteiger partial charge in [-0.25, -0.2) is 0 Å². The lowest BCUT2D eigenvalue weighted by Crippen LogP contribution is -2.32. The van der Waals surface area contributed by atoms with Gasteiger partial charge in [0.2, 0.25) is 0 Å². The second-order valence-corrected chi connectivity index (χ2v) is 4.87. The van der Waals surface area contributed by atoms with Crippen LogP contribution in [0, 0.1) is 17.2 Å². The molecule has 1 aliphatic rings. The molecule has 0 amide bonds. The largest absolute Gasteiger partial charge is 0.495 e. The fraction of sp³-hybridized carbons (Fsp3) is 0.533. The predicted molar refractivity (Wildman–Crippen MR) is 73.0 cm³/mol. The summed E-state index contributed by atoms with van der Waals surface area (Å²) in [7, 11) is 1.57. The molecule has 1 aliphatic heterocycles. The van der Waals surface area contributed by atoms with Gasteiger partial charge < -0.3 is 14.8 Å². The topological polar surface area (TPSA) is 54.3 Å². The van der Waals surface area contributed by atoms with E-state index >= 15 is 0 Å². The van der Waals surface area contributed by atoms with Gasteiger partial charge in [-0.1, -0.05) is 6.07 Å². The van der Waals surface area contributed by atoms with E-state index in [9.17, 15) is 0 Å². The highest BCUT2D eigenvalue weighted by molar-refractivity contribution is 5.45. The molecule has 4 heteroatoms. The smallest absolute Gasteiger partial charge is 0.136 e. The van der Waals surface area contributed by atoms with E-state index in [0.717, 1.165) is 25.3 Å². The minimum absolute atomic E-state index is 0.551. The summed E-state index contributed by atoms with van der Waals surface area (Å²) in [6.07, 6.45) is 2.47. The Hall–Kier alpha value is -1.57. The Labute approximate surface area is 114 Å². The van der Waals surface area contributed by atoms with Gasteiger partial charge in [0.05, 0.1) is 25.9 Å². The zero-order valence-electron chi connectivity index (χ0n) is 11.3. The number of nitriles is 1. The number of hydrogen-bond donors (Lipinski definition) is 1. The third-order valence-electron chi connectivity index (χ3n) is 3.41. The SMILES string of the molecule is COc1ccc(COCC2CCCNC2)cc1C#N. The van der Waals surface area contributed by atoms with Gasteiger partial charge in [0.25, 0.3) is 0 Å². The van der Waals surface area contributed by atoms with Crippen molar-refractivity contribution in [2.75, 3.05) is 26.8 Å². The average molecular weight is 260 g/mol. The first kappa shape index (κ1) is 13.9. The van der Waals surface area contributed by atoms with Gasteiger partial charge in [0.15, 0.2) is 0 Å². The van der Waals surface area contributed by atoms with Crippen molar-refractivity contribution in [3.63, 3.8) is 0 Å². The molecule has 0 spiro atoms. The van der Waals surface area contributed by atoms with Crippen LogP contribution in [0.1, 0.15) is 24.0 Å². The van der Waals surface area contributed by atoms with Crippen molar-refractivity contribution in [2.24, 2.45) is 5.92 Å². The summed E-state index contributed by atoms with van der Waals surface area (Å²) in [5, 5.41) is 12.4. The van der Waals surface area contributed by atoms with Crippen molar-refractivity contribution in [3.8, 4) is 11.8 Å². The van der Waals surface area contributed by atoms with Crippen molar-refractivity contribution in [3.05, 3.63) is 29.3 Å². The highest BCUT2D eigenvalue weighted by Crippen LogP contribution is 2.19. The Morgan fingerprint density at radius 1 is 1.47 bits per heavy atom. The molecule has 0 bridgehead atoms. The van der Waals surface area contributed by atoms with Crippen molar-refractivity contribution < 1.29 is 9.47 Å². The maximum atomic E-state index is 9.02. The Balaban J connectivity index is 1.84. The maximum absolute atomic E-state index is 9.02. The average Bonchev–Trinajstić information content (AvgIpc) is 2.48. The molecule has 1 aromatic carbocycles. The molecule has 2 rings (SSSR count). The summed E-state index contributed by atoms with van der Waals surface area (Å²) in [6, 6.07) is 7.73. The fourth-order valence-electron chi connectivity index (χ4n) is 2.34. The Kier molecular flexibility index (Phi) is 5.20. The molecule has 1 atom stereocenters. The van der Waals surface area contributed by atoms with E-state index in [4.69, 9.17) is 14.7 Å². The minimum atomic E-state index is 0.551.